The third-order valence-electron chi connectivity index (χ3n) is 2.11. The molecule has 2 N–H and O–H groups in total. The highest BCUT2D eigenvalue weighted by molar-refractivity contribution is 5.93. The highest BCUT2D eigenvalue weighted by Crippen LogP contribution is 2.19. The second-order valence-electron chi connectivity index (χ2n) is 3.28. The van der Waals surface area contributed by atoms with Crippen LogP contribution in [0, 0.1) is 23.4 Å². The molecule has 0 aromatic heterocycles. The Morgan fingerprint density at radius 1 is 1.06 bits per heavy atom. The van der Waals surface area contributed by atoms with Gasteiger partial charge in [-0.3, -0.25) is 9.59 Å². The summed E-state index contributed by atoms with van der Waals surface area (Å²) in [5, 5.41) is 17.1. The first-order valence-electron chi connectivity index (χ1n) is 4.42. The number of halogens is 3. The zero-order valence-corrected chi connectivity index (χ0v) is 8.28. The van der Waals surface area contributed by atoms with E-state index in [1.54, 1.807) is 0 Å². The molecule has 0 saturated heterocycles. The topological polar surface area (TPSA) is 74.6 Å². The summed E-state index contributed by atoms with van der Waals surface area (Å²) in [6.45, 7) is 0. The molecule has 1 rings (SSSR count). The van der Waals surface area contributed by atoms with E-state index in [0.717, 1.165) is 0 Å². The standard InChI is InChI=1S/C10H7F3O4/c11-4-1-7(12)5(8(13)2-4)3-6(9(14)15)10(16)17/h1-2,6H,3H2,(H,14,15)(H,16,17). The van der Waals surface area contributed by atoms with Gasteiger partial charge in [0.1, 0.15) is 17.5 Å². The van der Waals surface area contributed by atoms with E-state index >= 15 is 0 Å². The zero-order valence-electron chi connectivity index (χ0n) is 8.28. The van der Waals surface area contributed by atoms with E-state index in [4.69, 9.17) is 10.2 Å². The van der Waals surface area contributed by atoms with Crippen LogP contribution < -0.4 is 0 Å². The molecule has 0 bridgehead atoms. The first-order valence-corrected chi connectivity index (χ1v) is 4.42. The van der Waals surface area contributed by atoms with Crippen LogP contribution in [-0.4, -0.2) is 22.2 Å². The van der Waals surface area contributed by atoms with Gasteiger partial charge in [-0.2, -0.15) is 0 Å². The van der Waals surface area contributed by atoms with Gasteiger partial charge < -0.3 is 10.2 Å². The van der Waals surface area contributed by atoms with Crippen molar-refractivity contribution in [2.45, 2.75) is 6.42 Å². The monoisotopic (exact) mass is 248 g/mol. The predicted molar refractivity (Wildman–Crippen MR) is 48.8 cm³/mol. The Morgan fingerprint density at radius 3 is 1.82 bits per heavy atom. The van der Waals surface area contributed by atoms with Gasteiger partial charge in [-0.05, 0) is 0 Å². The van der Waals surface area contributed by atoms with Crippen LogP contribution in [0.3, 0.4) is 0 Å². The molecule has 0 saturated carbocycles. The number of hydrogen-bond donors (Lipinski definition) is 2. The van der Waals surface area contributed by atoms with E-state index in [0.29, 0.717) is 12.1 Å². The van der Waals surface area contributed by atoms with Crippen molar-refractivity contribution in [1.82, 2.24) is 0 Å². The number of carboxylic acids is 2. The number of rotatable bonds is 4. The van der Waals surface area contributed by atoms with Crippen LogP contribution >= 0.6 is 0 Å². The van der Waals surface area contributed by atoms with Gasteiger partial charge >= 0.3 is 11.9 Å². The second kappa shape index (κ2) is 4.86. The Labute approximate surface area is 93.3 Å². The number of benzene rings is 1. The molecule has 0 radical (unpaired) electrons. The molecule has 92 valence electrons. The molecule has 1 aromatic rings. The third-order valence-corrected chi connectivity index (χ3v) is 2.11. The second-order valence-corrected chi connectivity index (χ2v) is 3.28. The minimum absolute atomic E-state index is 0.360. The molecule has 0 fully saturated rings. The van der Waals surface area contributed by atoms with Crippen LogP contribution in [0.25, 0.3) is 0 Å². The van der Waals surface area contributed by atoms with Gasteiger partial charge in [0.15, 0.2) is 5.92 Å². The van der Waals surface area contributed by atoms with Crippen LogP contribution in [0.1, 0.15) is 5.56 Å². The van der Waals surface area contributed by atoms with Crippen molar-refractivity contribution in [3.8, 4) is 0 Å². The maximum Gasteiger partial charge on any atom is 0.318 e. The van der Waals surface area contributed by atoms with Gasteiger partial charge in [0.05, 0.1) is 0 Å². The molecular weight excluding hydrogens is 241 g/mol. The summed E-state index contributed by atoms with van der Waals surface area (Å²) in [6, 6.07) is 0.721. The molecule has 0 spiro atoms. The van der Waals surface area contributed by atoms with E-state index in [1.807, 2.05) is 0 Å². The van der Waals surface area contributed by atoms with Crippen molar-refractivity contribution in [3.63, 3.8) is 0 Å². The van der Waals surface area contributed by atoms with E-state index in [1.165, 1.54) is 0 Å². The molecule has 4 nitrogen and oxygen atoms in total. The summed E-state index contributed by atoms with van der Waals surface area (Å²) in [7, 11) is 0. The molecule has 0 aliphatic carbocycles. The van der Waals surface area contributed by atoms with Crippen molar-refractivity contribution in [1.29, 1.82) is 0 Å². The maximum absolute atomic E-state index is 13.1. The summed E-state index contributed by atoms with van der Waals surface area (Å²) >= 11 is 0. The van der Waals surface area contributed by atoms with Gasteiger partial charge in [0.2, 0.25) is 0 Å². The summed E-state index contributed by atoms with van der Waals surface area (Å²) in [5.41, 5.74) is -0.763. The van der Waals surface area contributed by atoms with Gasteiger partial charge in [-0.1, -0.05) is 0 Å². The lowest BCUT2D eigenvalue weighted by Crippen LogP contribution is -2.26. The number of carboxylic acid groups (broad SMARTS) is 2. The lowest BCUT2D eigenvalue weighted by atomic mass is 9.98. The predicted octanol–water partition coefficient (Wildman–Crippen LogP) is 1.43. The molecule has 1 aromatic carbocycles. The fraction of sp³-hybridized carbons (Fsp3) is 0.200. The highest BCUT2D eigenvalue weighted by atomic mass is 19.1. The van der Waals surface area contributed by atoms with Crippen LogP contribution in [-0.2, 0) is 16.0 Å². The Hall–Kier alpha value is -2.05. The van der Waals surface area contributed by atoms with E-state index in [-0.39, 0.29) is 0 Å². The van der Waals surface area contributed by atoms with E-state index < -0.39 is 47.3 Å². The van der Waals surface area contributed by atoms with Crippen molar-refractivity contribution >= 4 is 11.9 Å². The van der Waals surface area contributed by atoms with Crippen molar-refractivity contribution in [2.24, 2.45) is 5.92 Å². The smallest absolute Gasteiger partial charge is 0.318 e. The number of carbonyl (C=O) groups is 2. The fourth-order valence-electron chi connectivity index (χ4n) is 1.25. The van der Waals surface area contributed by atoms with Crippen LogP contribution in [0.5, 0.6) is 0 Å². The summed E-state index contributed by atoms with van der Waals surface area (Å²) in [4.78, 5) is 21.1. The molecule has 0 aliphatic heterocycles. The Kier molecular flexibility index (Phi) is 3.72. The number of aliphatic carboxylic acids is 2. The quantitative estimate of drug-likeness (QED) is 0.790. The normalized spacial score (nSPS) is 10.6. The average Bonchev–Trinajstić information content (AvgIpc) is 2.14. The fourth-order valence-corrected chi connectivity index (χ4v) is 1.25. The average molecular weight is 248 g/mol. The first-order chi connectivity index (χ1) is 7.82. The van der Waals surface area contributed by atoms with E-state index in [9.17, 15) is 22.8 Å². The lowest BCUT2D eigenvalue weighted by Gasteiger charge is -2.09. The highest BCUT2D eigenvalue weighted by Gasteiger charge is 2.28. The Bertz CT molecular complexity index is 436. The Morgan fingerprint density at radius 2 is 1.47 bits per heavy atom. The van der Waals surface area contributed by atoms with Gasteiger partial charge in [0.25, 0.3) is 0 Å². The van der Waals surface area contributed by atoms with Gasteiger partial charge in [-0.15, -0.1) is 0 Å². The summed E-state index contributed by atoms with van der Waals surface area (Å²) in [6.07, 6.45) is -0.886. The molecule has 0 aliphatic rings. The van der Waals surface area contributed by atoms with Crippen molar-refractivity contribution < 1.29 is 33.0 Å². The van der Waals surface area contributed by atoms with Gasteiger partial charge in [-0.25, -0.2) is 13.2 Å². The molecule has 0 amide bonds. The zero-order chi connectivity index (χ0) is 13.2. The van der Waals surface area contributed by atoms with Crippen LogP contribution in [0.4, 0.5) is 13.2 Å². The summed E-state index contributed by atoms with van der Waals surface area (Å²) in [5.74, 6) is -9.21. The first kappa shape index (κ1) is 13.0. The van der Waals surface area contributed by atoms with Gasteiger partial charge in [0, 0.05) is 24.1 Å². The van der Waals surface area contributed by atoms with Crippen molar-refractivity contribution in [2.75, 3.05) is 0 Å². The van der Waals surface area contributed by atoms with Crippen molar-refractivity contribution in [3.05, 3.63) is 35.1 Å². The summed E-state index contributed by atoms with van der Waals surface area (Å²) < 4.78 is 38.8. The Balaban J connectivity index is 3.10. The minimum Gasteiger partial charge on any atom is -0.481 e. The molecule has 17 heavy (non-hydrogen) atoms. The number of hydrogen-bond acceptors (Lipinski definition) is 2. The van der Waals surface area contributed by atoms with Crippen LogP contribution in [0.15, 0.2) is 12.1 Å². The molecule has 0 heterocycles. The molecule has 7 heteroatoms. The largest absolute Gasteiger partial charge is 0.481 e. The molecule has 0 unspecified atom stereocenters. The van der Waals surface area contributed by atoms with E-state index in [2.05, 4.69) is 0 Å². The minimum atomic E-state index is -1.98. The van der Waals surface area contributed by atoms with Crippen LogP contribution in [0.2, 0.25) is 0 Å². The SMILES string of the molecule is O=C(O)C(Cc1c(F)cc(F)cc1F)C(=O)O. The maximum atomic E-state index is 13.1. The third kappa shape index (κ3) is 2.96. The molecular formula is C10H7F3O4. The lowest BCUT2D eigenvalue weighted by molar-refractivity contribution is -0.154. The molecule has 0 atom stereocenters.